The minimum atomic E-state index is -0.651. The zero-order valence-corrected chi connectivity index (χ0v) is 47.7. The average molecular weight is 1090 g/mol. The van der Waals surface area contributed by atoms with Crippen LogP contribution < -0.4 is 26.2 Å². The van der Waals surface area contributed by atoms with Gasteiger partial charge in [-0.1, -0.05) is 232 Å². The summed E-state index contributed by atoms with van der Waals surface area (Å²) in [6.07, 6.45) is 0. The van der Waals surface area contributed by atoms with E-state index in [9.17, 15) is 11.0 Å². The first-order valence-corrected chi connectivity index (χ1v) is 28.2. The van der Waals surface area contributed by atoms with Crippen LogP contribution in [0.15, 0.2) is 242 Å². The number of para-hydroxylation sites is 6. The second kappa shape index (κ2) is 18.6. The van der Waals surface area contributed by atoms with Gasteiger partial charge < -0.3 is 18.9 Å². The Morgan fingerprint density at radius 3 is 1.01 bits per heavy atom. The van der Waals surface area contributed by atoms with Crippen LogP contribution in [0, 0.1) is 0 Å². The van der Waals surface area contributed by atoms with Crippen LogP contribution >= 0.6 is 0 Å². The lowest BCUT2D eigenvalue weighted by Crippen LogP contribution is -2.61. The molecule has 0 fully saturated rings. The van der Waals surface area contributed by atoms with Gasteiger partial charge in [-0.3, -0.25) is 0 Å². The van der Waals surface area contributed by atoms with Crippen molar-refractivity contribution >= 4 is 101 Å². The van der Waals surface area contributed by atoms with Gasteiger partial charge in [0.25, 0.3) is 6.71 Å². The largest absolute Gasteiger partial charge is 0.311 e. The van der Waals surface area contributed by atoms with Gasteiger partial charge in [0.05, 0.1) is 55.4 Å². The standard InChI is InChI=1S/C78H67BN4/c1-76(2,3)52-38-34-50(35-39-52)57-22-10-16-28-65(57)82-71-48-55(80-67-30-18-12-24-59(67)60-25-13-19-31-68(60)80)42-44-63(71)79-64-45-43-56(81-69-32-20-14-26-61(69)62-27-15-21-33-70(62)81)49-72(64)83(74-47-54(78(7,8)9)46-73(82)75(74)79)66-29-17-11-23-58(66)51-36-40-53(41-37-51)77(4,5)6/h10-49H,1-9H3/i12D,13D,14D,15D,18D,19D,20D,21D,24D,25D,26D,27D,30D,31D,32D,33D. The van der Waals surface area contributed by atoms with Crippen molar-refractivity contribution in [3.05, 3.63) is 259 Å². The maximum absolute atomic E-state index is 9.61. The maximum Gasteiger partial charge on any atom is 0.252 e. The molecule has 0 saturated carbocycles. The Morgan fingerprint density at radius 2 is 0.663 bits per heavy atom. The molecule has 0 atom stereocenters. The first-order chi connectivity index (χ1) is 46.7. The number of hydrogen-bond acceptors (Lipinski definition) is 2. The van der Waals surface area contributed by atoms with E-state index < -0.39 is 109 Å². The predicted molar refractivity (Wildman–Crippen MR) is 356 cm³/mol. The summed E-state index contributed by atoms with van der Waals surface area (Å²) in [7, 11) is 0. The summed E-state index contributed by atoms with van der Waals surface area (Å²) in [5, 5.41) is -0.210. The molecule has 11 aromatic carbocycles. The highest BCUT2D eigenvalue weighted by atomic mass is 15.2. The lowest BCUT2D eigenvalue weighted by Gasteiger charge is -2.46. The third-order valence-electron chi connectivity index (χ3n) is 16.9. The van der Waals surface area contributed by atoms with Crippen molar-refractivity contribution in [3.8, 4) is 33.6 Å². The summed E-state index contributed by atoms with van der Waals surface area (Å²) in [4.78, 5) is 4.50. The maximum atomic E-state index is 9.61. The van der Waals surface area contributed by atoms with Gasteiger partial charge in [0.1, 0.15) is 0 Å². The predicted octanol–water partition coefficient (Wildman–Crippen LogP) is 19.2. The first-order valence-electron chi connectivity index (χ1n) is 36.2. The molecular weight excluding hydrogens is 1000 g/mol. The smallest absolute Gasteiger partial charge is 0.252 e. The molecule has 0 radical (unpaired) electrons. The van der Waals surface area contributed by atoms with E-state index in [2.05, 4.69) is 157 Å². The second-order valence-corrected chi connectivity index (χ2v) is 25.0. The van der Waals surface area contributed by atoms with Crippen LogP contribution in [-0.4, -0.2) is 15.8 Å². The summed E-state index contributed by atoms with van der Waals surface area (Å²) in [5.41, 5.74) is 13.4. The third kappa shape index (κ3) is 8.03. The number of benzene rings is 11. The molecule has 0 bridgehead atoms. The Kier molecular flexibility index (Phi) is 8.12. The highest BCUT2D eigenvalue weighted by molar-refractivity contribution is 7.00. The van der Waals surface area contributed by atoms with E-state index in [1.165, 1.54) is 0 Å². The molecule has 2 aromatic heterocycles. The Labute approximate surface area is 511 Å². The van der Waals surface area contributed by atoms with Crippen LogP contribution in [0.3, 0.4) is 0 Å². The highest BCUT2D eigenvalue weighted by Gasteiger charge is 2.45. The molecule has 0 amide bonds. The van der Waals surface area contributed by atoms with Gasteiger partial charge in [0, 0.05) is 66.8 Å². The Hall–Kier alpha value is -9.32. The van der Waals surface area contributed by atoms with Gasteiger partial charge in [-0.2, -0.15) is 0 Å². The van der Waals surface area contributed by atoms with Crippen LogP contribution in [0.25, 0.3) is 77.2 Å². The lowest BCUT2D eigenvalue weighted by atomic mass is 9.33. The van der Waals surface area contributed by atoms with E-state index in [0.717, 1.165) is 78.1 Å². The molecule has 0 saturated heterocycles. The Bertz CT molecular complexity index is 5230. The van der Waals surface area contributed by atoms with Crippen molar-refractivity contribution < 1.29 is 21.9 Å². The lowest BCUT2D eigenvalue weighted by molar-refractivity contribution is 0.590. The minimum absolute atomic E-state index is 0.0278. The molecule has 4 nitrogen and oxygen atoms in total. The zero-order valence-electron chi connectivity index (χ0n) is 63.7. The molecule has 15 rings (SSSR count). The SMILES string of the molecule is [2H]c1c([2H])c([2H])c2c(c1[2H])c1c([2H])c([2H])c([2H])c([2H])c1n2-c1ccc2c(c1)N(c1ccccc1-c1ccc(C(C)(C)C)cc1)c1cc(C(C)(C)C)cc3c1B2c1ccc(-n2c4c([2H])c([2H])c([2H])c([2H])c4c4c([2H])c([2H])c([2H])c([2H])c42)cc1N3c1ccccc1-c1ccc(C(C)(C)C)cc1. The van der Waals surface area contributed by atoms with Crippen molar-refractivity contribution in [1.82, 2.24) is 9.13 Å². The minimum Gasteiger partial charge on any atom is -0.311 e. The molecule has 83 heavy (non-hydrogen) atoms. The van der Waals surface area contributed by atoms with Crippen molar-refractivity contribution in [3.63, 3.8) is 0 Å². The monoisotopic (exact) mass is 1090 g/mol. The topological polar surface area (TPSA) is 16.3 Å². The van der Waals surface area contributed by atoms with Gasteiger partial charge in [-0.25, -0.2) is 0 Å². The number of anilines is 6. The fourth-order valence-electron chi connectivity index (χ4n) is 12.7. The third-order valence-corrected chi connectivity index (χ3v) is 16.9. The molecule has 4 heterocycles. The zero-order chi connectivity index (χ0) is 70.6. The van der Waals surface area contributed by atoms with E-state index in [1.54, 1.807) is 9.13 Å². The molecule has 13 aromatic rings. The number of hydrogen-bond donors (Lipinski definition) is 0. The van der Waals surface area contributed by atoms with Crippen molar-refractivity contribution in [2.24, 2.45) is 0 Å². The second-order valence-electron chi connectivity index (χ2n) is 25.0. The Morgan fingerprint density at radius 1 is 0.325 bits per heavy atom. The molecule has 402 valence electrons. The average Bonchev–Trinajstić information content (AvgIpc) is 1.54. The molecule has 0 unspecified atom stereocenters. The summed E-state index contributed by atoms with van der Waals surface area (Å²) < 4.78 is 151. The fourth-order valence-corrected chi connectivity index (χ4v) is 12.7. The van der Waals surface area contributed by atoms with Crippen LogP contribution in [0.5, 0.6) is 0 Å². The normalized spacial score (nSPS) is 16.0. The highest BCUT2D eigenvalue weighted by Crippen LogP contribution is 2.51. The summed E-state index contributed by atoms with van der Waals surface area (Å²) in [6.45, 7) is 18.9. The van der Waals surface area contributed by atoms with E-state index in [1.807, 2.05) is 60.7 Å². The first kappa shape index (κ1) is 36.2. The van der Waals surface area contributed by atoms with Crippen LogP contribution in [0.1, 0.15) is 101 Å². The summed E-state index contributed by atoms with van der Waals surface area (Å²) in [6, 6.07) is 41.6. The number of fused-ring (bicyclic) bond motifs is 10. The molecule has 2 aliphatic heterocycles. The van der Waals surface area contributed by atoms with E-state index in [-0.39, 0.29) is 54.4 Å². The van der Waals surface area contributed by atoms with Crippen molar-refractivity contribution in [2.75, 3.05) is 9.80 Å². The molecule has 0 aliphatic carbocycles. The van der Waals surface area contributed by atoms with Crippen molar-refractivity contribution in [2.45, 2.75) is 78.6 Å². The number of rotatable bonds is 6. The van der Waals surface area contributed by atoms with Gasteiger partial charge in [-0.15, -0.1) is 0 Å². The summed E-state index contributed by atoms with van der Waals surface area (Å²) >= 11 is 0. The van der Waals surface area contributed by atoms with Gasteiger partial charge in [0.15, 0.2) is 0 Å². The molecule has 0 N–H and O–H groups in total. The van der Waals surface area contributed by atoms with Gasteiger partial charge in [-0.05, 0) is 133 Å². The van der Waals surface area contributed by atoms with E-state index in [4.69, 9.17) is 11.0 Å². The molecule has 0 spiro atoms. The summed E-state index contributed by atoms with van der Waals surface area (Å²) in [5.74, 6) is 0. The molecular formula is C78H67BN4. The van der Waals surface area contributed by atoms with Gasteiger partial charge >= 0.3 is 0 Å². The fraction of sp³-hybridized carbons (Fsp3) is 0.154. The quantitative estimate of drug-likeness (QED) is 0.154. The van der Waals surface area contributed by atoms with Crippen LogP contribution in [0.4, 0.5) is 34.1 Å². The van der Waals surface area contributed by atoms with E-state index >= 15 is 0 Å². The van der Waals surface area contributed by atoms with Crippen LogP contribution in [0.2, 0.25) is 0 Å². The molecule has 5 heteroatoms. The number of nitrogens with zero attached hydrogens (tertiary/aromatic N) is 4. The van der Waals surface area contributed by atoms with E-state index in [0.29, 0.717) is 22.7 Å². The van der Waals surface area contributed by atoms with Crippen molar-refractivity contribution in [1.29, 1.82) is 0 Å². The number of aromatic nitrogens is 2. The Balaban J connectivity index is 1.11. The molecule has 2 aliphatic rings. The van der Waals surface area contributed by atoms with Crippen LogP contribution in [-0.2, 0) is 16.2 Å². The van der Waals surface area contributed by atoms with Gasteiger partial charge in [0.2, 0.25) is 0 Å².